The fraction of sp³-hybridized carbons (Fsp3) is 0.360. The molecule has 2 heterocycles. The minimum atomic E-state index is 0.131. The smallest absolute Gasteiger partial charge is 0.122 e. The number of hydrogen-bond acceptors (Lipinski definition) is 5. The molecule has 0 fully saturated rings. The van der Waals surface area contributed by atoms with Gasteiger partial charge < -0.3 is 9.64 Å². The predicted molar refractivity (Wildman–Crippen MR) is 129 cm³/mol. The molecule has 0 aliphatic carbocycles. The number of aryl methyl sites for hydroxylation is 2. The molecule has 1 aromatic heterocycles. The maximum absolute atomic E-state index is 6.09. The Hall–Kier alpha value is -2.53. The predicted octanol–water partition coefficient (Wildman–Crippen LogP) is 6.25. The summed E-state index contributed by atoms with van der Waals surface area (Å²) in [6.07, 6.45) is 9.38. The molecular formula is C25H31N3OS. The Morgan fingerprint density at radius 3 is 2.60 bits per heavy atom. The number of pyridine rings is 1. The third kappa shape index (κ3) is 5.99. The molecule has 0 bridgehead atoms. The number of ether oxygens (including phenoxy) is 1. The van der Waals surface area contributed by atoms with Crippen LogP contribution >= 0.6 is 11.8 Å². The number of aromatic nitrogens is 1. The van der Waals surface area contributed by atoms with Crippen LogP contribution < -0.4 is 9.64 Å². The van der Waals surface area contributed by atoms with Gasteiger partial charge in [0.15, 0.2) is 0 Å². The topological polar surface area (TPSA) is 37.7 Å². The molecule has 0 radical (unpaired) electrons. The Balaban J connectivity index is 1.66. The average Bonchev–Trinajstić information content (AvgIpc) is 2.73. The zero-order chi connectivity index (χ0) is 21.6. The number of nitrogens with zero attached hydrogens (tertiary/aromatic N) is 3. The molecule has 0 unspecified atom stereocenters. The molecule has 2 aromatic rings. The van der Waals surface area contributed by atoms with E-state index in [9.17, 15) is 0 Å². The number of rotatable bonds is 7. The van der Waals surface area contributed by atoms with Gasteiger partial charge in [-0.15, -0.1) is 11.8 Å². The van der Waals surface area contributed by atoms with E-state index in [4.69, 9.17) is 4.74 Å². The maximum atomic E-state index is 6.09. The fourth-order valence-corrected chi connectivity index (χ4v) is 3.97. The van der Waals surface area contributed by atoms with Gasteiger partial charge in [-0.1, -0.05) is 34.3 Å². The molecule has 30 heavy (non-hydrogen) atoms. The SMILES string of the molecule is C=C1C(SCCc2ccncc2)=NC=CN1c1ccc(OCC(C)(C)C)c(CC)c1. The van der Waals surface area contributed by atoms with Crippen LogP contribution in [0.1, 0.15) is 38.8 Å². The monoisotopic (exact) mass is 421 g/mol. The van der Waals surface area contributed by atoms with Gasteiger partial charge in [-0.25, -0.2) is 4.99 Å². The summed E-state index contributed by atoms with van der Waals surface area (Å²) in [6, 6.07) is 10.5. The molecule has 0 N–H and O–H groups in total. The number of hydrogen-bond donors (Lipinski definition) is 0. The first kappa shape index (κ1) is 22.2. The highest BCUT2D eigenvalue weighted by Gasteiger charge is 2.19. The van der Waals surface area contributed by atoms with Gasteiger partial charge in [-0.2, -0.15) is 0 Å². The molecular weight excluding hydrogens is 390 g/mol. The molecule has 0 saturated heterocycles. The summed E-state index contributed by atoms with van der Waals surface area (Å²) in [5.74, 6) is 1.91. The van der Waals surface area contributed by atoms with E-state index in [-0.39, 0.29) is 5.41 Å². The highest BCUT2D eigenvalue weighted by atomic mass is 32.2. The zero-order valence-corrected chi connectivity index (χ0v) is 19.2. The molecule has 5 heteroatoms. The van der Waals surface area contributed by atoms with Crippen LogP contribution in [-0.4, -0.2) is 22.4 Å². The second kappa shape index (κ2) is 9.98. The summed E-state index contributed by atoms with van der Waals surface area (Å²) >= 11 is 1.74. The van der Waals surface area contributed by atoms with Crippen LogP contribution in [0.25, 0.3) is 0 Å². The summed E-state index contributed by atoms with van der Waals surface area (Å²) in [4.78, 5) is 10.7. The number of thioether (sulfide) groups is 1. The Morgan fingerprint density at radius 2 is 1.90 bits per heavy atom. The van der Waals surface area contributed by atoms with E-state index in [0.29, 0.717) is 6.61 Å². The van der Waals surface area contributed by atoms with Crippen molar-refractivity contribution < 1.29 is 4.74 Å². The van der Waals surface area contributed by atoms with Crippen molar-refractivity contribution in [1.82, 2.24) is 4.98 Å². The van der Waals surface area contributed by atoms with Gasteiger partial charge in [-0.3, -0.25) is 4.98 Å². The van der Waals surface area contributed by atoms with Gasteiger partial charge in [0.25, 0.3) is 0 Å². The molecule has 0 saturated carbocycles. The van der Waals surface area contributed by atoms with Gasteiger partial charge >= 0.3 is 0 Å². The second-order valence-electron chi connectivity index (χ2n) is 8.50. The van der Waals surface area contributed by atoms with Crippen LogP contribution in [0.15, 0.2) is 72.4 Å². The van der Waals surface area contributed by atoms with Crippen molar-refractivity contribution in [3.63, 3.8) is 0 Å². The molecule has 3 rings (SSSR count). The molecule has 1 aromatic carbocycles. The van der Waals surface area contributed by atoms with E-state index in [0.717, 1.165) is 40.8 Å². The van der Waals surface area contributed by atoms with Crippen molar-refractivity contribution in [2.24, 2.45) is 10.4 Å². The molecule has 0 amide bonds. The van der Waals surface area contributed by atoms with Crippen LogP contribution in [-0.2, 0) is 12.8 Å². The standard InChI is InChI=1S/C25H31N3OS/c1-6-21-17-22(7-8-23(21)29-18-25(3,4)5)28-15-14-27-24(19(28)2)30-16-11-20-9-12-26-13-10-20/h7-10,12-15,17H,2,6,11,16,18H2,1,3-5H3. The normalized spacial score (nSPS) is 14.1. The fourth-order valence-electron chi connectivity index (χ4n) is 3.04. The van der Waals surface area contributed by atoms with Gasteiger partial charge in [0, 0.05) is 36.2 Å². The summed E-state index contributed by atoms with van der Waals surface area (Å²) in [5.41, 5.74) is 4.60. The van der Waals surface area contributed by atoms with Crippen molar-refractivity contribution in [3.8, 4) is 5.75 Å². The van der Waals surface area contributed by atoms with Crippen LogP contribution in [0.4, 0.5) is 5.69 Å². The summed E-state index contributed by atoms with van der Waals surface area (Å²) < 4.78 is 6.09. The third-order valence-corrected chi connectivity index (χ3v) is 5.71. The van der Waals surface area contributed by atoms with E-state index >= 15 is 0 Å². The lowest BCUT2D eigenvalue weighted by Gasteiger charge is -2.27. The Labute approximate surface area is 184 Å². The quantitative estimate of drug-likeness (QED) is 0.530. The van der Waals surface area contributed by atoms with E-state index in [2.05, 4.69) is 79.5 Å². The number of anilines is 1. The first-order chi connectivity index (χ1) is 14.4. The Morgan fingerprint density at radius 1 is 1.13 bits per heavy atom. The summed E-state index contributed by atoms with van der Waals surface area (Å²) in [5, 5.41) is 0.956. The van der Waals surface area contributed by atoms with E-state index < -0.39 is 0 Å². The van der Waals surface area contributed by atoms with Crippen molar-refractivity contribution in [2.45, 2.75) is 40.5 Å². The molecule has 4 nitrogen and oxygen atoms in total. The molecule has 1 aliphatic rings. The summed E-state index contributed by atoms with van der Waals surface area (Å²) in [6.45, 7) is 13.7. The maximum Gasteiger partial charge on any atom is 0.122 e. The van der Waals surface area contributed by atoms with Gasteiger partial charge in [0.2, 0.25) is 0 Å². The van der Waals surface area contributed by atoms with Crippen molar-refractivity contribution in [3.05, 3.63) is 78.5 Å². The molecule has 0 atom stereocenters. The van der Waals surface area contributed by atoms with E-state index in [1.165, 1.54) is 11.1 Å². The zero-order valence-electron chi connectivity index (χ0n) is 18.4. The molecule has 0 spiro atoms. The van der Waals surface area contributed by atoms with Crippen molar-refractivity contribution in [1.29, 1.82) is 0 Å². The van der Waals surface area contributed by atoms with Gasteiger partial charge in [0.05, 0.1) is 12.3 Å². The number of benzene rings is 1. The van der Waals surface area contributed by atoms with Crippen LogP contribution in [0, 0.1) is 5.41 Å². The van der Waals surface area contributed by atoms with Gasteiger partial charge in [-0.05, 0) is 59.7 Å². The summed E-state index contributed by atoms with van der Waals surface area (Å²) in [7, 11) is 0. The highest BCUT2D eigenvalue weighted by molar-refractivity contribution is 8.14. The molecule has 1 aliphatic heterocycles. The average molecular weight is 422 g/mol. The Bertz CT molecular complexity index is 929. The second-order valence-corrected chi connectivity index (χ2v) is 9.58. The van der Waals surface area contributed by atoms with Gasteiger partial charge in [0.1, 0.15) is 10.8 Å². The van der Waals surface area contributed by atoms with Crippen LogP contribution in [0.3, 0.4) is 0 Å². The van der Waals surface area contributed by atoms with E-state index in [1.807, 2.05) is 24.8 Å². The lowest BCUT2D eigenvalue weighted by molar-refractivity contribution is 0.196. The van der Waals surface area contributed by atoms with Crippen molar-refractivity contribution >= 4 is 22.5 Å². The first-order valence-electron chi connectivity index (χ1n) is 10.4. The lowest BCUT2D eigenvalue weighted by atomic mass is 9.98. The lowest BCUT2D eigenvalue weighted by Crippen LogP contribution is -2.23. The third-order valence-electron chi connectivity index (χ3n) is 4.69. The first-order valence-corrected chi connectivity index (χ1v) is 11.4. The molecule has 158 valence electrons. The van der Waals surface area contributed by atoms with Crippen LogP contribution in [0.5, 0.6) is 5.75 Å². The number of aliphatic imine (C=N–C) groups is 1. The van der Waals surface area contributed by atoms with Crippen molar-refractivity contribution in [2.75, 3.05) is 17.3 Å². The highest BCUT2D eigenvalue weighted by Crippen LogP contribution is 2.31. The van der Waals surface area contributed by atoms with E-state index in [1.54, 1.807) is 11.8 Å². The minimum Gasteiger partial charge on any atom is -0.493 e. The Kier molecular flexibility index (Phi) is 7.38. The van der Waals surface area contributed by atoms with Crippen LogP contribution in [0.2, 0.25) is 0 Å². The largest absolute Gasteiger partial charge is 0.493 e. The minimum absolute atomic E-state index is 0.131.